The molecule has 0 fully saturated rings. The molecule has 0 aliphatic carbocycles. The van der Waals surface area contributed by atoms with Crippen LogP contribution < -0.4 is 5.32 Å². The van der Waals surface area contributed by atoms with Crippen LogP contribution in [0.15, 0.2) is 36.5 Å². The fraction of sp³-hybridized carbons (Fsp3) is 0.375. The maximum Gasteiger partial charge on any atom is 0.326 e. The summed E-state index contributed by atoms with van der Waals surface area (Å²) in [6.45, 7) is 2.12. The Hall–Kier alpha value is -2.30. The second-order valence-electron chi connectivity index (χ2n) is 5.10. The number of aromatic nitrogens is 1. The Bertz CT molecular complexity index is 633. The number of rotatable bonds is 7. The number of unbranched alkanes of at least 4 members (excludes halogenated alkanes) is 1. The van der Waals surface area contributed by atoms with E-state index in [0.717, 1.165) is 23.7 Å². The van der Waals surface area contributed by atoms with Gasteiger partial charge in [-0.2, -0.15) is 0 Å². The molecule has 1 unspecified atom stereocenters. The molecule has 0 bridgehead atoms. The van der Waals surface area contributed by atoms with E-state index in [9.17, 15) is 9.59 Å². The normalized spacial score (nSPS) is 12.2. The van der Waals surface area contributed by atoms with E-state index in [4.69, 9.17) is 5.11 Å². The summed E-state index contributed by atoms with van der Waals surface area (Å²) in [5.41, 5.74) is 0.966. The molecule has 0 saturated heterocycles. The minimum atomic E-state index is -0.978. The first-order chi connectivity index (χ1) is 10.1. The maximum atomic E-state index is 12.0. The molecular formula is C16H20N2O3. The van der Waals surface area contributed by atoms with Gasteiger partial charge in [0.1, 0.15) is 12.6 Å². The van der Waals surface area contributed by atoms with Crippen molar-refractivity contribution in [1.82, 2.24) is 9.88 Å². The number of aliphatic carboxylic acids is 1. The average molecular weight is 288 g/mol. The van der Waals surface area contributed by atoms with Crippen molar-refractivity contribution in [1.29, 1.82) is 0 Å². The van der Waals surface area contributed by atoms with E-state index in [0.29, 0.717) is 6.42 Å². The van der Waals surface area contributed by atoms with Gasteiger partial charge in [0, 0.05) is 11.7 Å². The maximum absolute atomic E-state index is 12.0. The molecule has 0 saturated carbocycles. The van der Waals surface area contributed by atoms with Gasteiger partial charge in [0.15, 0.2) is 0 Å². The van der Waals surface area contributed by atoms with Crippen molar-refractivity contribution >= 4 is 22.8 Å². The highest BCUT2D eigenvalue weighted by Crippen LogP contribution is 2.14. The SMILES string of the molecule is CCCCC(NC(=O)Cn1ccc2ccccc21)C(=O)O. The minimum absolute atomic E-state index is 0.128. The second kappa shape index (κ2) is 6.92. The average Bonchev–Trinajstić information content (AvgIpc) is 2.86. The first kappa shape index (κ1) is 15.1. The van der Waals surface area contributed by atoms with Gasteiger partial charge in [-0.3, -0.25) is 4.79 Å². The lowest BCUT2D eigenvalue weighted by molar-refractivity contribution is -0.142. The summed E-state index contributed by atoms with van der Waals surface area (Å²) in [5, 5.41) is 12.8. The van der Waals surface area contributed by atoms with Gasteiger partial charge < -0.3 is 15.0 Å². The molecule has 1 amide bonds. The largest absolute Gasteiger partial charge is 0.480 e. The molecule has 1 heterocycles. The predicted octanol–water partition coefficient (Wildman–Crippen LogP) is 2.40. The topological polar surface area (TPSA) is 71.3 Å². The Morgan fingerprint density at radius 3 is 2.76 bits per heavy atom. The van der Waals surface area contributed by atoms with Crippen molar-refractivity contribution in [2.45, 2.75) is 38.8 Å². The third-order valence-electron chi connectivity index (χ3n) is 3.47. The molecule has 1 aromatic heterocycles. The summed E-state index contributed by atoms with van der Waals surface area (Å²) in [6, 6.07) is 8.91. The Morgan fingerprint density at radius 2 is 2.05 bits per heavy atom. The Morgan fingerprint density at radius 1 is 1.29 bits per heavy atom. The quantitative estimate of drug-likeness (QED) is 0.822. The highest BCUT2D eigenvalue weighted by molar-refractivity contribution is 5.86. The number of carbonyl (C=O) groups excluding carboxylic acids is 1. The van der Waals surface area contributed by atoms with Gasteiger partial charge in [0.2, 0.25) is 5.91 Å². The number of carbonyl (C=O) groups is 2. The van der Waals surface area contributed by atoms with E-state index in [2.05, 4.69) is 5.32 Å². The van der Waals surface area contributed by atoms with Crippen LogP contribution >= 0.6 is 0 Å². The predicted molar refractivity (Wildman–Crippen MR) is 81.0 cm³/mol. The van der Waals surface area contributed by atoms with E-state index in [1.54, 1.807) is 0 Å². The van der Waals surface area contributed by atoms with Crippen molar-refractivity contribution in [2.24, 2.45) is 0 Å². The number of benzene rings is 1. The molecule has 2 rings (SSSR count). The van der Waals surface area contributed by atoms with Crippen molar-refractivity contribution < 1.29 is 14.7 Å². The lowest BCUT2D eigenvalue weighted by Gasteiger charge is -2.14. The van der Waals surface area contributed by atoms with Crippen LogP contribution in [-0.4, -0.2) is 27.6 Å². The van der Waals surface area contributed by atoms with Crippen LogP contribution in [-0.2, 0) is 16.1 Å². The third-order valence-corrected chi connectivity index (χ3v) is 3.47. The molecular weight excluding hydrogens is 268 g/mol. The van der Waals surface area contributed by atoms with Gasteiger partial charge >= 0.3 is 5.97 Å². The number of hydrogen-bond donors (Lipinski definition) is 2. The van der Waals surface area contributed by atoms with Crippen LogP contribution in [0.2, 0.25) is 0 Å². The Balaban J connectivity index is 2.02. The summed E-state index contributed by atoms with van der Waals surface area (Å²) in [4.78, 5) is 23.2. The third kappa shape index (κ3) is 3.84. The van der Waals surface area contributed by atoms with Crippen LogP contribution in [0.5, 0.6) is 0 Å². The zero-order valence-electron chi connectivity index (χ0n) is 12.1. The zero-order valence-corrected chi connectivity index (χ0v) is 12.1. The van der Waals surface area contributed by atoms with Crippen LogP contribution in [0.1, 0.15) is 26.2 Å². The molecule has 2 N–H and O–H groups in total. The number of amides is 1. The Labute approximate surface area is 123 Å². The molecule has 0 aliphatic rings. The van der Waals surface area contributed by atoms with Crippen LogP contribution in [0, 0.1) is 0 Å². The highest BCUT2D eigenvalue weighted by atomic mass is 16.4. The van der Waals surface area contributed by atoms with Gasteiger partial charge in [-0.15, -0.1) is 0 Å². The summed E-state index contributed by atoms with van der Waals surface area (Å²) in [6.07, 6.45) is 3.99. The zero-order chi connectivity index (χ0) is 15.2. The molecule has 1 aromatic carbocycles. The summed E-state index contributed by atoms with van der Waals surface area (Å²) >= 11 is 0. The minimum Gasteiger partial charge on any atom is -0.480 e. The monoisotopic (exact) mass is 288 g/mol. The molecule has 0 spiro atoms. The van der Waals surface area contributed by atoms with Crippen LogP contribution in [0.25, 0.3) is 10.9 Å². The summed E-state index contributed by atoms with van der Waals surface area (Å²) < 4.78 is 1.82. The van der Waals surface area contributed by atoms with Gasteiger partial charge in [0.05, 0.1) is 0 Å². The van der Waals surface area contributed by atoms with Crippen molar-refractivity contribution in [2.75, 3.05) is 0 Å². The number of nitrogens with one attached hydrogen (secondary N) is 1. The lowest BCUT2D eigenvalue weighted by Crippen LogP contribution is -2.42. The highest BCUT2D eigenvalue weighted by Gasteiger charge is 2.19. The molecule has 0 radical (unpaired) electrons. The molecule has 0 aliphatic heterocycles. The van der Waals surface area contributed by atoms with Gasteiger partial charge in [-0.05, 0) is 23.9 Å². The van der Waals surface area contributed by atoms with Crippen molar-refractivity contribution in [3.05, 3.63) is 36.5 Å². The smallest absolute Gasteiger partial charge is 0.326 e. The Kier molecular flexibility index (Phi) is 4.98. The molecule has 112 valence electrons. The molecule has 1 atom stereocenters. The molecule has 21 heavy (non-hydrogen) atoms. The van der Waals surface area contributed by atoms with Crippen molar-refractivity contribution in [3.63, 3.8) is 0 Å². The number of hydrogen-bond acceptors (Lipinski definition) is 2. The number of para-hydroxylation sites is 1. The molecule has 5 heteroatoms. The second-order valence-corrected chi connectivity index (χ2v) is 5.10. The molecule has 2 aromatic rings. The van der Waals surface area contributed by atoms with E-state index >= 15 is 0 Å². The van der Waals surface area contributed by atoms with Gasteiger partial charge in [-0.1, -0.05) is 38.0 Å². The number of carboxylic acids is 1. The number of nitrogens with zero attached hydrogens (tertiary/aromatic N) is 1. The summed E-state index contributed by atoms with van der Waals surface area (Å²) in [5.74, 6) is -1.26. The van der Waals surface area contributed by atoms with Gasteiger partial charge in [0.25, 0.3) is 0 Å². The first-order valence-electron chi connectivity index (χ1n) is 7.18. The fourth-order valence-electron chi connectivity index (χ4n) is 2.34. The fourth-order valence-corrected chi connectivity index (χ4v) is 2.34. The van der Waals surface area contributed by atoms with Crippen LogP contribution in [0.3, 0.4) is 0 Å². The lowest BCUT2D eigenvalue weighted by atomic mass is 10.1. The number of fused-ring (bicyclic) bond motifs is 1. The summed E-state index contributed by atoms with van der Waals surface area (Å²) in [7, 11) is 0. The standard InChI is InChI=1S/C16H20N2O3/c1-2-3-7-13(16(20)21)17-15(19)11-18-10-9-12-6-4-5-8-14(12)18/h4-6,8-10,13H,2-3,7,11H2,1H3,(H,17,19)(H,20,21). The molecule has 5 nitrogen and oxygen atoms in total. The van der Waals surface area contributed by atoms with Gasteiger partial charge in [-0.25, -0.2) is 4.79 Å². The van der Waals surface area contributed by atoms with Crippen molar-refractivity contribution in [3.8, 4) is 0 Å². The number of carboxylic acid groups (broad SMARTS) is 1. The van der Waals surface area contributed by atoms with E-state index in [1.807, 2.05) is 48.0 Å². The van der Waals surface area contributed by atoms with E-state index < -0.39 is 12.0 Å². The van der Waals surface area contributed by atoms with E-state index in [1.165, 1.54) is 0 Å². The van der Waals surface area contributed by atoms with Crippen LogP contribution in [0.4, 0.5) is 0 Å². The van der Waals surface area contributed by atoms with E-state index in [-0.39, 0.29) is 12.5 Å². The first-order valence-corrected chi connectivity index (χ1v) is 7.18.